The van der Waals surface area contributed by atoms with Crippen LogP contribution in [0.25, 0.3) is 5.65 Å². The molecular formula is C8H5N3O3. The summed E-state index contributed by atoms with van der Waals surface area (Å²) in [6, 6.07) is 2.84. The molecule has 2 aromatic heterocycles. The number of carboxylic acid groups (broad SMARTS) is 1. The molecule has 6 nitrogen and oxygen atoms in total. The van der Waals surface area contributed by atoms with Crippen molar-refractivity contribution in [1.82, 2.24) is 14.4 Å². The Morgan fingerprint density at radius 2 is 2.21 bits per heavy atom. The Kier molecular flexibility index (Phi) is 1.74. The fourth-order valence-electron chi connectivity index (χ4n) is 1.15. The van der Waals surface area contributed by atoms with E-state index in [0.29, 0.717) is 0 Å². The van der Waals surface area contributed by atoms with Gasteiger partial charge in [-0.2, -0.15) is 4.98 Å². The van der Waals surface area contributed by atoms with E-state index in [1.54, 1.807) is 0 Å². The minimum Gasteiger partial charge on any atom is -0.478 e. The highest BCUT2D eigenvalue weighted by atomic mass is 16.4. The Balaban J connectivity index is 2.95. The van der Waals surface area contributed by atoms with Gasteiger partial charge in [-0.1, -0.05) is 0 Å². The number of hydrogen-bond acceptors (Lipinski definition) is 4. The molecule has 0 saturated heterocycles. The maximum Gasteiger partial charge on any atom is 0.354 e. The predicted octanol–water partition coefficient (Wildman–Crippen LogP) is -0.212. The minimum absolute atomic E-state index is 0.0213. The lowest BCUT2D eigenvalue weighted by Crippen LogP contribution is -2.19. The van der Waals surface area contributed by atoms with Gasteiger partial charge in [0.05, 0.1) is 0 Å². The Labute approximate surface area is 77.5 Å². The van der Waals surface area contributed by atoms with Gasteiger partial charge in [-0.15, -0.1) is 0 Å². The fourth-order valence-corrected chi connectivity index (χ4v) is 1.15. The van der Waals surface area contributed by atoms with Crippen molar-refractivity contribution in [3.63, 3.8) is 0 Å². The second-order valence-corrected chi connectivity index (χ2v) is 2.58. The third kappa shape index (κ3) is 1.13. The van der Waals surface area contributed by atoms with Crippen molar-refractivity contribution < 1.29 is 9.90 Å². The van der Waals surface area contributed by atoms with Crippen LogP contribution in [0.1, 0.15) is 10.4 Å². The third-order valence-corrected chi connectivity index (χ3v) is 1.75. The maximum atomic E-state index is 11.2. The Morgan fingerprint density at radius 1 is 1.43 bits per heavy atom. The molecule has 0 aliphatic carbocycles. The van der Waals surface area contributed by atoms with Crippen molar-refractivity contribution in [2.75, 3.05) is 0 Å². The summed E-state index contributed by atoms with van der Waals surface area (Å²) in [5.74, 6) is -1.12. The molecule has 0 fully saturated rings. The lowest BCUT2D eigenvalue weighted by molar-refractivity contribution is 0.0698. The van der Waals surface area contributed by atoms with E-state index in [4.69, 9.17) is 5.11 Å². The van der Waals surface area contributed by atoms with Gasteiger partial charge < -0.3 is 5.11 Å². The molecule has 0 radical (unpaired) electrons. The van der Waals surface area contributed by atoms with Crippen molar-refractivity contribution in [3.05, 3.63) is 40.7 Å². The van der Waals surface area contributed by atoms with Gasteiger partial charge in [0.1, 0.15) is 11.9 Å². The summed E-state index contributed by atoms with van der Waals surface area (Å²) in [5.41, 5.74) is -0.467. The molecule has 0 aromatic carbocycles. The lowest BCUT2D eigenvalue weighted by Gasteiger charge is -2.00. The molecule has 2 aromatic rings. The van der Waals surface area contributed by atoms with E-state index in [1.807, 2.05) is 0 Å². The number of pyridine rings is 1. The Hall–Kier alpha value is -2.24. The van der Waals surface area contributed by atoms with E-state index >= 15 is 0 Å². The van der Waals surface area contributed by atoms with Gasteiger partial charge in [-0.3, -0.25) is 4.40 Å². The van der Waals surface area contributed by atoms with Gasteiger partial charge in [-0.25, -0.2) is 14.6 Å². The van der Waals surface area contributed by atoms with E-state index in [2.05, 4.69) is 9.97 Å². The van der Waals surface area contributed by atoms with Gasteiger partial charge in [0.15, 0.2) is 5.65 Å². The highest BCUT2D eigenvalue weighted by Gasteiger charge is 2.09. The highest BCUT2D eigenvalue weighted by Crippen LogP contribution is 2.04. The zero-order valence-electron chi connectivity index (χ0n) is 6.91. The van der Waals surface area contributed by atoms with E-state index in [0.717, 1.165) is 10.7 Å². The quantitative estimate of drug-likeness (QED) is 0.674. The van der Waals surface area contributed by atoms with Crippen LogP contribution in [0.2, 0.25) is 0 Å². The van der Waals surface area contributed by atoms with Crippen molar-refractivity contribution in [3.8, 4) is 0 Å². The summed E-state index contributed by atoms with van der Waals surface area (Å²) in [7, 11) is 0. The van der Waals surface area contributed by atoms with Crippen LogP contribution >= 0.6 is 0 Å². The van der Waals surface area contributed by atoms with Crippen molar-refractivity contribution in [2.24, 2.45) is 0 Å². The smallest absolute Gasteiger partial charge is 0.354 e. The van der Waals surface area contributed by atoms with Crippen LogP contribution in [0.4, 0.5) is 0 Å². The molecule has 0 spiro atoms. The first-order chi connectivity index (χ1) is 6.70. The van der Waals surface area contributed by atoms with E-state index in [9.17, 15) is 9.59 Å². The molecule has 14 heavy (non-hydrogen) atoms. The highest BCUT2D eigenvalue weighted by molar-refractivity contribution is 5.94. The molecule has 0 unspecified atom stereocenters. The molecule has 6 heteroatoms. The standard InChI is InChI=1S/C8H5N3O3/c12-7(13)5-2-1-3-11-6(5)9-4-10-8(11)14/h1-4H,(H,12,13). The summed E-state index contributed by atoms with van der Waals surface area (Å²) >= 11 is 0. The molecule has 0 bridgehead atoms. The number of hydrogen-bond donors (Lipinski definition) is 1. The van der Waals surface area contributed by atoms with Gasteiger partial charge >= 0.3 is 11.7 Å². The molecule has 1 N–H and O–H groups in total. The first-order valence-corrected chi connectivity index (χ1v) is 3.76. The molecule has 0 saturated carbocycles. The molecule has 0 aliphatic rings. The zero-order valence-corrected chi connectivity index (χ0v) is 6.91. The molecular weight excluding hydrogens is 186 g/mol. The van der Waals surface area contributed by atoms with Crippen molar-refractivity contribution in [1.29, 1.82) is 0 Å². The van der Waals surface area contributed by atoms with Gasteiger partial charge in [0.2, 0.25) is 0 Å². The van der Waals surface area contributed by atoms with Gasteiger partial charge in [0, 0.05) is 6.20 Å². The largest absolute Gasteiger partial charge is 0.478 e. The maximum absolute atomic E-state index is 11.2. The van der Waals surface area contributed by atoms with Crippen molar-refractivity contribution in [2.45, 2.75) is 0 Å². The molecule has 0 aliphatic heterocycles. The Morgan fingerprint density at radius 3 is 2.93 bits per heavy atom. The number of rotatable bonds is 1. The number of nitrogens with zero attached hydrogens (tertiary/aromatic N) is 3. The second kappa shape index (κ2) is 2.91. The molecule has 0 amide bonds. The topological polar surface area (TPSA) is 84.6 Å². The number of fused-ring (bicyclic) bond motifs is 1. The summed E-state index contributed by atoms with van der Waals surface area (Å²) in [6.07, 6.45) is 2.47. The Bertz CT molecular complexity index is 561. The zero-order chi connectivity index (χ0) is 10.1. The molecule has 2 heterocycles. The first-order valence-electron chi connectivity index (χ1n) is 3.76. The fraction of sp³-hybridized carbons (Fsp3) is 0. The number of carbonyl (C=O) groups is 1. The number of carboxylic acids is 1. The summed E-state index contributed by atoms with van der Waals surface area (Å²) in [6.45, 7) is 0. The molecule has 70 valence electrons. The van der Waals surface area contributed by atoms with Crippen LogP contribution in [0, 0.1) is 0 Å². The third-order valence-electron chi connectivity index (χ3n) is 1.75. The number of aromatic nitrogens is 3. The van der Waals surface area contributed by atoms with Crippen LogP contribution in [0.5, 0.6) is 0 Å². The average Bonchev–Trinajstić information content (AvgIpc) is 2.17. The minimum atomic E-state index is -1.12. The van der Waals surface area contributed by atoms with Crippen LogP contribution in [0.3, 0.4) is 0 Å². The summed E-state index contributed by atoms with van der Waals surface area (Å²) in [5, 5.41) is 8.80. The van der Waals surface area contributed by atoms with E-state index in [-0.39, 0.29) is 11.2 Å². The first kappa shape index (κ1) is 8.36. The lowest BCUT2D eigenvalue weighted by atomic mass is 10.3. The van der Waals surface area contributed by atoms with E-state index in [1.165, 1.54) is 18.3 Å². The predicted molar refractivity (Wildman–Crippen MR) is 46.2 cm³/mol. The van der Waals surface area contributed by atoms with Crippen molar-refractivity contribution >= 4 is 11.6 Å². The van der Waals surface area contributed by atoms with Crippen LogP contribution in [-0.4, -0.2) is 25.4 Å². The summed E-state index contributed by atoms with van der Waals surface area (Å²) in [4.78, 5) is 29.1. The molecule has 2 rings (SSSR count). The normalized spacial score (nSPS) is 10.3. The SMILES string of the molecule is O=C(O)c1cccn2c(=O)ncnc12. The average molecular weight is 191 g/mol. The van der Waals surface area contributed by atoms with Gasteiger partial charge in [0.25, 0.3) is 0 Å². The van der Waals surface area contributed by atoms with E-state index < -0.39 is 11.7 Å². The van der Waals surface area contributed by atoms with Gasteiger partial charge in [-0.05, 0) is 12.1 Å². The van der Waals surface area contributed by atoms with Crippen LogP contribution in [0.15, 0.2) is 29.5 Å². The molecule has 0 atom stereocenters. The second-order valence-electron chi connectivity index (χ2n) is 2.58. The van der Waals surface area contributed by atoms with Crippen LogP contribution < -0.4 is 5.69 Å². The number of aromatic carboxylic acids is 1. The van der Waals surface area contributed by atoms with Crippen LogP contribution in [-0.2, 0) is 0 Å². The monoisotopic (exact) mass is 191 g/mol. The summed E-state index contributed by atoms with van der Waals surface area (Å²) < 4.78 is 1.09.